The molecule has 14 heavy (non-hydrogen) atoms. The molecule has 0 heterocycles. The van der Waals surface area contributed by atoms with E-state index in [2.05, 4.69) is 17.2 Å². The van der Waals surface area contributed by atoms with Crippen molar-refractivity contribution in [2.24, 2.45) is 0 Å². The lowest BCUT2D eigenvalue weighted by Gasteiger charge is -2.29. The molecule has 3 radical (unpaired) electrons. The first-order valence-electron chi connectivity index (χ1n) is 5.35. The Hall–Kier alpha value is 0.0969. The van der Waals surface area contributed by atoms with Gasteiger partial charge in [-0.25, -0.2) is 0 Å². The molecule has 0 aromatic rings. The van der Waals surface area contributed by atoms with E-state index < -0.39 is 5.60 Å². The van der Waals surface area contributed by atoms with Crippen molar-refractivity contribution in [2.45, 2.75) is 45.6 Å². The molecule has 0 N–H and O–H groups in total. The Balaban J connectivity index is 3.71. The molecule has 0 aromatic heterocycles. The van der Waals surface area contributed by atoms with E-state index in [-0.39, 0.29) is 0 Å². The summed E-state index contributed by atoms with van der Waals surface area (Å²) < 4.78 is 16.1. The Morgan fingerprint density at radius 2 is 1.50 bits per heavy atom. The lowest BCUT2D eigenvalue weighted by Crippen LogP contribution is -2.40. The Morgan fingerprint density at radius 1 is 0.929 bits per heavy atom. The molecule has 0 aliphatic rings. The minimum atomic E-state index is -1.04. The molecule has 0 unspecified atom stereocenters. The van der Waals surface area contributed by atoms with Crippen LogP contribution < -0.4 is 0 Å². The molecular weight excluding hydrogens is 196 g/mol. The summed E-state index contributed by atoms with van der Waals surface area (Å²) in [5.74, 6) is 0. The standard InChI is InChI=1S/C10H21O3Si/c1-4-7-8-9-13-10(14,11-5-2)12-6-3/h4-9H2,1-3H3. The summed E-state index contributed by atoms with van der Waals surface area (Å²) in [5.41, 5.74) is -1.04. The Morgan fingerprint density at radius 3 is 1.93 bits per heavy atom. The summed E-state index contributed by atoms with van der Waals surface area (Å²) in [7, 11) is 3.35. The highest BCUT2D eigenvalue weighted by Gasteiger charge is 2.25. The van der Waals surface area contributed by atoms with Gasteiger partial charge >= 0.3 is 0 Å². The van der Waals surface area contributed by atoms with E-state index >= 15 is 0 Å². The first-order valence-corrected chi connectivity index (χ1v) is 5.85. The van der Waals surface area contributed by atoms with E-state index in [1.807, 2.05) is 13.8 Å². The highest BCUT2D eigenvalue weighted by molar-refractivity contribution is 6.12. The second-order valence-electron chi connectivity index (χ2n) is 2.98. The fourth-order valence-electron chi connectivity index (χ4n) is 1.06. The van der Waals surface area contributed by atoms with E-state index in [4.69, 9.17) is 14.2 Å². The maximum absolute atomic E-state index is 5.48. The summed E-state index contributed by atoms with van der Waals surface area (Å²) >= 11 is 0. The maximum Gasteiger partial charge on any atom is 0.248 e. The van der Waals surface area contributed by atoms with Crippen molar-refractivity contribution in [1.29, 1.82) is 0 Å². The minimum absolute atomic E-state index is 0.553. The molecule has 0 rings (SSSR count). The quantitative estimate of drug-likeness (QED) is 0.336. The molecule has 0 atom stereocenters. The third-order valence-electron chi connectivity index (χ3n) is 1.71. The van der Waals surface area contributed by atoms with Gasteiger partial charge in [-0.15, -0.1) is 0 Å². The maximum atomic E-state index is 5.48. The van der Waals surface area contributed by atoms with Crippen molar-refractivity contribution in [2.75, 3.05) is 19.8 Å². The monoisotopic (exact) mass is 217 g/mol. The molecule has 0 fully saturated rings. The Kier molecular flexibility index (Phi) is 8.47. The highest BCUT2D eigenvalue weighted by atomic mass is 28.1. The van der Waals surface area contributed by atoms with Crippen LogP contribution in [0.2, 0.25) is 0 Å². The topological polar surface area (TPSA) is 27.7 Å². The highest BCUT2D eigenvalue weighted by Crippen LogP contribution is 2.11. The van der Waals surface area contributed by atoms with Gasteiger partial charge in [0.25, 0.3) is 0 Å². The second kappa shape index (κ2) is 8.41. The zero-order valence-electron chi connectivity index (χ0n) is 9.47. The molecule has 0 amide bonds. The van der Waals surface area contributed by atoms with Crippen LogP contribution in [0.15, 0.2) is 0 Å². The fraction of sp³-hybridized carbons (Fsp3) is 1.00. The summed E-state index contributed by atoms with van der Waals surface area (Å²) in [5, 5.41) is 0. The molecule has 0 saturated carbocycles. The van der Waals surface area contributed by atoms with Crippen LogP contribution in [-0.4, -0.2) is 35.7 Å². The summed E-state index contributed by atoms with van der Waals surface area (Å²) in [6.45, 7) is 7.73. The average molecular weight is 217 g/mol. The van der Waals surface area contributed by atoms with Gasteiger partial charge in [-0.2, -0.15) is 0 Å². The van der Waals surface area contributed by atoms with Crippen molar-refractivity contribution in [3.63, 3.8) is 0 Å². The SMILES string of the molecule is CCCCCOC([Si])(OCC)OCC. The van der Waals surface area contributed by atoms with Gasteiger partial charge in [0, 0.05) is 13.2 Å². The molecule has 0 aliphatic heterocycles. The normalized spacial score (nSPS) is 12.0. The van der Waals surface area contributed by atoms with Crippen molar-refractivity contribution >= 4 is 10.2 Å². The summed E-state index contributed by atoms with van der Waals surface area (Å²) in [6, 6.07) is 0. The fourth-order valence-corrected chi connectivity index (χ4v) is 1.45. The molecule has 0 bridgehead atoms. The van der Waals surface area contributed by atoms with E-state index in [0.29, 0.717) is 19.8 Å². The van der Waals surface area contributed by atoms with Crippen LogP contribution in [0.3, 0.4) is 0 Å². The van der Waals surface area contributed by atoms with E-state index in [0.717, 1.165) is 6.42 Å². The third kappa shape index (κ3) is 6.54. The van der Waals surface area contributed by atoms with Gasteiger partial charge in [0.2, 0.25) is 5.60 Å². The third-order valence-corrected chi connectivity index (χ3v) is 2.14. The predicted molar refractivity (Wildman–Crippen MR) is 57.2 cm³/mol. The number of rotatable bonds is 9. The molecule has 3 nitrogen and oxygen atoms in total. The van der Waals surface area contributed by atoms with Gasteiger partial charge in [0.15, 0.2) is 10.2 Å². The number of ether oxygens (including phenoxy) is 3. The lowest BCUT2D eigenvalue weighted by atomic mass is 10.3. The van der Waals surface area contributed by atoms with Gasteiger partial charge in [0.05, 0.1) is 6.61 Å². The zero-order valence-corrected chi connectivity index (χ0v) is 10.5. The van der Waals surface area contributed by atoms with Gasteiger partial charge in [-0.1, -0.05) is 19.8 Å². The van der Waals surface area contributed by atoms with Crippen LogP contribution in [0.25, 0.3) is 0 Å². The van der Waals surface area contributed by atoms with Crippen LogP contribution in [0, 0.1) is 0 Å². The van der Waals surface area contributed by atoms with Crippen LogP contribution in [0.1, 0.15) is 40.0 Å². The van der Waals surface area contributed by atoms with Gasteiger partial charge < -0.3 is 14.2 Å². The summed E-state index contributed by atoms with van der Waals surface area (Å²) in [4.78, 5) is 0. The first kappa shape index (κ1) is 14.1. The predicted octanol–water partition coefficient (Wildman–Crippen LogP) is 2.05. The Labute approximate surface area is 90.5 Å². The van der Waals surface area contributed by atoms with Crippen LogP contribution >= 0.6 is 0 Å². The molecule has 0 spiro atoms. The van der Waals surface area contributed by atoms with Crippen molar-refractivity contribution in [3.05, 3.63) is 0 Å². The largest absolute Gasteiger partial charge is 0.332 e. The number of unbranched alkanes of at least 4 members (excludes halogenated alkanes) is 2. The van der Waals surface area contributed by atoms with E-state index in [9.17, 15) is 0 Å². The lowest BCUT2D eigenvalue weighted by molar-refractivity contribution is -0.322. The van der Waals surface area contributed by atoms with Crippen molar-refractivity contribution < 1.29 is 14.2 Å². The van der Waals surface area contributed by atoms with Crippen molar-refractivity contribution in [1.82, 2.24) is 0 Å². The molecule has 0 aliphatic carbocycles. The Bertz CT molecular complexity index is 125. The summed E-state index contributed by atoms with van der Waals surface area (Å²) in [6.07, 6.45) is 3.38. The molecule has 0 saturated heterocycles. The van der Waals surface area contributed by atoms with Gasteiger partial charge in [0.1, 0.15) is 0 Å². The number of hydrogen-bond acceptors (Lipinski definition) is 3. The van der Waals surface area contributed by atoms with Crippen molar-refractivity contribution in [3.8, 4) is 0 Å². The molecule has 0 aromatic carbocycles. The van der Waals surface area contributed by atoms with Crippen LogP contribution in [0.5, 0.6) is 0 Å². The molecular formula is C10H21O3Si. The average Bonchev–Trinajstić information content (AvgIpc) is 2.13. The minimum Gasteiger partial charge on any atom is -0.332 e. The molecule has 4 heteroatoms. The zero-order chi connectivity index (χ0) is 10.9. The first-order chi connectivity index (χ1) is 6.68. The smallest absolute Gasteiger partial charge is 0.248 e. The van der Waals surface area contributed by atoms with E-state index in [1.165, 1.54) is 12.8 Å². The number of hydrogen-bond donors (Lipinski definition) is 0. The van der Waals surface area contributed by atoms with Gasteiger partial charge in [-0.05, 0) is 20.3 Å². The van der Waals surface area contributed by atoms with E-state index in [1.54, 1.807) is 0 Å². The van der Waals surface area contributed by atoms with Crippen LogP contribution in [-0.2, 0) is 14.2 Å². The van der Waals surface area contributed by atoms with Gasteiger partial charge in [-0.3, -0.25) is 0 Å². The molecule has 83 valence electrons. The second-order valence-corrected chi connectivity index (χ2v) is 3.59. The van der Waals surface area contributed by atoms with Crippen LogP contribution in [0.4, 0.5) is 0 Å².